The number of halogens is 2. The van der Waals surface area contributed by atoms with Crippen molar-refractivity contribution in [1.82, 2.24) is 0 Å². The third kappa shape index (κ3) is 3.74. The number of rotatable bonds is 5. The summed E-state index contributed by atoms with van der Waals surface area (Å²) < 4.78 is 25.4. The third-order valence-corrected chi connectivity index (χ3v) is 3.80. The van der Waals surface area contributed by atoms with Crippen molar-refractivity contribution in [3.8, 4) is 11.5 Å². The number of methoxy groups -OCH3 is 2. The van der Waals surface area contributed by atoms with Gasteiger partial charge in [0.05, 0.1) is 14.2 Å². The molecule has 0 fully saturated rings. The molecule has 2 aromatic rings. The summed E-state index contributed by atoms with van der Waals surface area (Å²) in [5, 5.41) is 0. The number of nitrogens with two attached hydrogens (primary N) is 1. The Morgan fingerprint density at radius 2 is 1.67 bits per heavy atom. The molecule has 1 unspecified atom stereocenters. The Hall–Kier alpha value is -1.59. The maximum absolute atomic E-state index is 14.1. The van der Waals surface area contributed by atoms with E-state index in [-0.39, 0.29) is 0 Å². The van der Waals surface area contributed by atoms with Gasteiger partial charge in [0.15, 0.2) is 11.5 Å². The minimum absolute atomic E-state index is 0.356. The van der Waals surface area contributed by atoms with Crippen LogP contribution >= 0.6 is 15.9 Å². The molecule has 0 radical (unpaired) electrons. The summed E-state index contributed by atoms with van der Waals surface area (Å²) >= 11 is 3.38. The Labute approximate surface area is 132 Å². The van der Waals surface area contributed by atoms with E-state index in [1.807, 2.05) is 24.3 Å². The first-order chi connectivity index (χ1) is 10.0. The topological polar surface area (TPSA) is 44.5 Å². The highest BCUT2D eigenvalue weighted by atomic mass is 79.9. The predicted molar refractivity (Wildman–Crippen MR) is 84.3 cm³/mol. The molecular formula is C16H17BrFNO2. The third-order valence-electron chi connectivity index (χ3n) is 3.27. The van der Waals surface area contributed by atoms with Gasteiger partial charge in [-0.05, 0) is 30.2 Å². The van der Waals surface area contributed by atoms with Crippen LogP contribution in [0.25, 0.3) is 0 Å². The highest BCUT2D eigenvalue weighted by Crippen LogP contribution is 2.32. The molecule has 112 valence electrons. The second-order valence-electron chi connectivity index (χ2n) is 4.67. The van der Waals surface area contributed by atoms with Gasteiger partial charge in [0.1, 0.15) is 5.82 Å². The molecule has 21 heavy (non-hydrogen) atoms. The van der Waals surface area contributed by atoms with Crippen LogP contribution in [0.1, 0.15) is 17.2 Å². The maximum Gasteiger partial charge on any atom is 0.163 e. The van der Waals surface area contributed by atoms with Crippen LogP contribution < -0.4 is 15.2 Å². The van der Waals surface area contributed by atoms with Gasteiger partial charge in [-0.15, -0.1) is 0 Å². The smallest absolute Gasteiger partial charge is 0.163 e. The maximum atomic E-state index is 14.1. The molecule has 0 amide bonds. The Morgan fingerprint density at radius 1 is 1.10 bits per heavy atom. The van der Waals surface area contributed by atoms with Crippen LogP contribution in [0, 0.1) is 5.82 Å². The molecular weight excluding hydrogens is 337 g/mol. The first-order valence-electron chi connectivity index (χ1n) is 6.46. The Morgan fingerprint density at radius 3 is 2.24 bits per heavy atom. The van der Waals surface area contributed by atoms with Gasteiger partial charge in [0, 0.05) is 22.1 Å². The molecule has 0 spiro atoms. The monoisotopic (exact) mass is 353 g/mol. The van der Waals surface area contributed by atoms with Crippen LogP contribution in [0.3, 0.4) is 0 Å². The molecule has 0 bridgehead atoms. The molecule has 2 rings (SSSR count). The Balaban J connectivity index is 2.26. The second kappa shape index (κ2) is 6.91. The highest BCUT2D eigenvalue weighted by molar-refractivity contribution is 9.10. The normalized spacial score (nSPS) is 12.0. The number of ether oxygens (including phenoxy) is 2. The molecule has 0 heterocycles. The van der Waals surface area contributed by atoms with E-state index in [2.05, 4.69) is 15.9 Å². The number of benzene rings is 2. The summed E-state index contributed by atoms with van der Waals surface area (Å²) in [4.78, 5) is 0. The van der Waals surface area contributed by atoms with E-state index in [1.54, 1.807) is 6.07 Å². The van der Waals surface area contributed by atoms with Crippen LogP contribution in [0.4, 0.5) is 4.39 Å². The molecule has 3 nitrogen and oxygen atoms in total. The molecule has 5 heteroatoms. The molecule has 0 saturated carbocycles. The fourth-order valence-electron chi connectivity index (χ4n) is 2.14. The van der Waals surface area contributed by atoms with Gasteiger partial charge >= 0.3 is 0 Å². The van der Waals surface area contributed by atoms with E-state index in [0.29, 0.717) is 23.5 Å². The standard InChI is InChI=1S/C16H17BrFNO2/c1-20-15-8-12(13(18)9-16(15)21-2)14(19)7-10-3-5-11(17)6-4-10/h3-6,8-9,14H,7,19H2,1-2H3. The van der Waals surface area contributed by atoms with Crippen molar-refractivity contribution >= 4 is 15.9 Å². The second-order valence-corrected chi connectivity index (χ2v) is 5.58. The van der Waals surface area contributed by atoms with Crippen molar-refractivity contribution < 1.29 is 13.9 Å². The average Bonchev–Trinajstić information content (AvgIpc) is 2.49. The van der Waals surface area contributed by atoms with Gasteiger partial charge in [0.2, 0.25) is 0 Å². The highest BCUT2D eigenvalue weighted by Gasteiger charge is 2.17. The fourth-order valence-corrected chi connectivity index (χ4v) is 2.40. The lowest BCUT2D eigenvalue weighted by molar-refractivity contribution is 0.351. The van der Waals surface area contributed by atoms with Gasteiger partial charge in [-0.2, -0.15) is 0 Å². The van der Waals surface area contributed by atoms with Crippen LogP contribution in [0.2, 0.25) is 0 Å². The molecule has 0 aromatic heterocycles. The van der Waals surface area contributed by atoms with E-state index in [0.717, 1.165) is 10.0 Å². The van der Waals surface area contributed by atoms with Crippen molar-refractivity contribution in [3.63, 3.8) is 0 Å². The average molecular weight is 354 g/mol. The first kappa shape index (κ1) is 15.8. The minimum atomic E-state index is -0.453. The zero-order chi connectivity index (χ0) is 15.4. The molecule has 0 saturated heterocycles. The predicted octanol–water partition coefficient (Wildman–Crippen LogP) is 3.85. The molecule has 0 aliphatic heterocycles. The van der Waals surface area contributed by atoms with Crippen molar-refractivity contribution in [3.05, 3.63) is 57.8 Å². The summed E-state index contributed by atoms with van der Waals surface area (Å²) in [6.45, 7) is 0. The van der Waals surface area contributed by atoms with Crippen molar-refractivity contribution in [2.75, 3.05) is 14.2 Å². The van der Waals surface area contributed by atoms with Crippen LogP contribution in [0.15, 0.2) is 40.9 Å². The van der Waals surface area contributed by atoms with Crippen LogP contribution in [-0.4, -0.2) is 14.2 Å². The summed E-state index contributed by atoms with van der Waals surface area (Å²) in [6.07, 6.45) is 0.541. The SMILES string of the molecule is COc1cc(F)c(C(N)Cc2ccc(Br)cc2)cc1OC. The van der Waals surface area contributed by atoms with E-state index < -0.39 is 11.9 Å². The van der Waals surface area contributed by atoms with E-state index in [9.17, 15) is 4.39 Å². The number of hydrogen-bond acceptors (Lipinski definition) is 3. The number of hydrogen-bond donors (Lipinski definition) is 1. The van der Waals surface area contributed by atoms with Gasteiger partial charge in [-0.25, -0.2) is 4.39 Å². The molecule has 0 aliphatic rings. The zero-order valence-corrected chi connectivity index (χ0v) is 13.5. The van der Waals surface area contributed by atoms with Gasteiger partial charge in [0.25, 0.3) is 0 Å². The zero-order valence-electron chi connectivity index (χ0n) is 11.9. The van der Waals surface area contributed by atoms with E-state index >= 15 is 0 Å². The molecule has 1 atom stereocenters. The van der Waals surface area contributed by atoms with E-state index in [1.165, 1.54) is 20.3 Å². The summed E-state index contributed by atoms with van der Waals surface area (Å²) in [7, 11) is 2.98. The van der Waals surface area contributed by atoms with Crippen molar-refractivity contribution in [1.29, 1.82) is 0 Å². The minimum Gasteiger partial charge on any atom is -0.493 e. The summed E-state index contributed by atoms with van der Waals surface area (Å²) in [5.74, 6) is 0.437. The first-order valence-corrected chi connectivity index (χ1v) is 7.26. The fraction of sp³-hybridized carbons (Fsp3) is 0.250. The quantitative estimate of drug-likeness (QED) is 0.887. The summed E-state index contributed by atoms with van der Waals surface area (Å²) in [5.41, 5.74) is 7.59. The van der Waals surface area contributed by atoms with Crippen molar-refractivity contribution in [2.45, 2.75) is 12.5 Å². The lowest BCUT2D eigenvalue weighted by atomic mass is 9.99. The summed E-state index contributed by atoms with van der Waals surface area (Å²) in [6, 6.07) is 10.2. The van der Waals surface area contributed by atoms with E-state index in [4.69, 9.17) is 15.2 Å². The Kier molecular flexibility index (Phi) is 5.20. The lowest BCUT2D eigenvalue weighted by Gasteiger charge is -2.16. The van der Waals surface area contributed by atoms with Gasteiger partial charge in [-0.3, -0.25) is 0 Å². The van der Waals surface area contributed by atoms with Gasteiger partial charge < -0.3 is 15.2 Å². The van der Waals surface area contributed by atoms with Crippen LogP contribution in [0.5, 0.6) is 11.5 Å². The van der Waals surface area contributed by atoms with Crippen LogP contribution in [-0.2, 0) is 6.42 Å². The Bertz CT molecular complexity index is 616. The van der Waals surface area contributed by atoms with Crippen molar-refractivity contribution in [2.24, 2.45) is 5.73 Å². The molecule has 0 aliphatic carbocycles. The lowest BCUT2D eigenvalue weighted by Crippen LogP contribution is -2.15. The van der Waals surface area contributed by atoms with Gasteiger partial charge in [-0.1, -0.05) is 28.1 Å². The molecule has 2 aromatic carbocycles. The molecule has 2 N–H and O–H groups in total. The largest absolute Gasteiger partial charge is 0.493 e.